The minimum atomic E-state index is -0.609. The van der Waals surface area contributed by atoms with E-state index in [0.29, 0.717) is 43.7 Å². The molecule has 2 heterocycles. The van der Waals surface area contributed by atoms with Crippen LogP contribution in [0.5, 0.6) is 0 Å². The highest BCUT2D eigenvalue weighted by molar-refractivity contribution is 9.10. The first-order chi connectivity index (χ1) is 11.1. The lowest BCUT2D eigenvalue weighted by molar-refractivity contribution is 0.0611. The molecule has 0 unspecified atom stereocenters. The minimum absolute atomic E-state index is 0.0613. The first-order valence-electron chi connectivity index (χ1n) is 7.44. The summed E-state index contributed by atoms with van der Waals surface area (Å²) in [6, 6.07) is 6.89. The van der Waals surface area contributed by atoms with Crippen LogP contribution in [-0.4, -0.2) is 60.1 Å². The van der Waals surface area contributed by atoms with Crippen molar-refractivity contribution in [3.63, 3.8) is 0 Å². The molecule has 23 heavy (non-hydrogen) atoms. The number of amides is 1. The van der Waals surface area contributed by atoms with Crippen molar-refractivity contribution < 1.29 is 14.3 Å². The van der Waals surface area contributed by atoms with Gasteiger partial charge in [-0.15, -0.1) is 0 Å². The van der Waals surface area contributed by atoms with Gasteiger partial charge in [-0.1, -0.05) is 15.9 Å². The van der Waals surface area contributed by atoms with Gasteiger partial charge in [0, 0.05) is 42.6 Å². The Morgan fingerprint density at radius 1 is 1.22 bits per heavy atom. The summed E-state index contributed by atoms with van der Waals surface area (Å²) in [4.78, 5) is 28.4. The second-order valence-electron chi connectivity index (χ2n) is 5.49. The highest BCUT2D eigenvalue weighted by atomic mass is 79.9. The summed E-state index contributed by atoms with van der Waals surface area (Å²) in [6.07, 6.45) is 0. The highest BCUT2D eigenvalue weighted by Gasteiger charge is 2.24. The van der Waals surface area contributed by atoms with E-state index in [9.17, 15) is 9.59 Å². The van der Waals surface area contributed by atoms with Crippen LogP contribution >= 0.6 is 15.9 Å². The number of benzene rings is 1. The Morgan fingerprint density at radius 3 is 2.65 bits per heavy atom. The molecule has 122 valence electrons. The molecule has 1 aromatic heterocycles. The Kier molecular flexibility index (Phi) is 4.79. The van der Waals surface area contributed by atoms with Crippen LogP contribution in [0.25, 0.3) is 11.0 Å². The van der Waals surface area contributed by atoms with Crippen molar-refractivity contribution in [1.82, 2.24) is 9.80 Å². The van der Waals surface area contributed by atoms with Gasteiger partial charge in [0.2, 0.25) is 0 Å². The average molecular weight is 381 g/mol. The third-order valence-corrected chi connectivity index (χ3v) is 4.49. The summed E-state index contributed by atoms with van der Waals surface area (Å²) >= 11 is 3.37. The Hall–Kier alpha value is -1.70. The van der Waals surface area contributed by atoms with Crippen LogP contribution in [0.4, 0.5) is 0 Å². The second-order valence-corrected chi connectivity index (χ2v) is 6.40. The zero-order valence-electron chi connectivity index (χ0n) is 12.5. The lowest BCUT2D eigenvalue weighted by Crippen LogP contribution is -2.49. The molecule has 0 saturated carbocycles. The highest BCUT2D eigenvalue weighted by Crippen LogP contribution is 2.20. The van der Waals surface area contributed by atoms with E-state index in [1.807, 2.05) is 6.07 Å². The molecular weight excluding hydrogens is 364 g/mol. The number of halogens is 1. The van der Waals surface area contributed by atoms with Crippen molar-refractivity contribution in [3.8, 4) is 0 Å². The number of carbonyl (C=O) groups is 1. The number of aliphatic hydroxyl groups excluding tert-OH is 1. The predicted octanol–water partition coefficient (Wildman–Crippen LogP) is 1.31. The van der Waals surface area contributed by atoms with Crippen molar-refractivity contribution in [1.29, 1.82) is 0 Å². The normalized spacial score (nSPS) is 16.0. The monoisotopic (exact) mass is 380 g/mol. The number of hydrogen-bond donors (Lipinski definition) is 1. The molecule has 1 aliphatic heterocycles. The van der Waals surface area contributed by atoms with E-state index in [2.05, 4.69) is 20.8 Å². The van der Waals surface area contributed by atoms with Gasteiger partial charge in [0.05, 0.1) is 6.61 Å². The fraction of sp³-hybridized carbons (Fsp3) is 0.375. The molecule has 6 nitrogen and oxygen atoms in total. The number of aliphatic hydroxyl groups is 1. The third kappa shape index (κ3) is 3.46. The van der Waals surface area contributed by atoms with E-state index in [-0.39, 0.29) is 18.1 Å². The van der Waals surface area contributed by atoms with Gasteiger partial charge in [0.1, 0.15) is 11.1 Å². The van der Waals surface area contributed by atoms with Crippen LogP contribution in [0.15, 0.2) is 37.9 Å². The van der Waals surface area contributed by atoms with E-state index in [4.69, 9.17) is 9.52 Å². The zero-order valence-corrected chi connectivity index (χ0v) is 14.1. The molecule has 2 aromatic rings. The SMILES string of the molecule is O=C(c1cc2cc(Br)ccc2oc1=O)N1CCN(CCO)CC1. The number of nitrogens with zero attached hydrogens (tertiary/aromatic N) is 2. The topological polar surface area (TPSA) is 74.0 Å². The molecule has 0 atom stereocenters. The Labute approximate surface area is 141 Å². The van der Waals surface area contributed by atoms with Crippen LogP contribution in [-0.2, 0) is 0 Å². The van der Waals surface area contributed by atoms with Gasteiger partial charge in [-0.05, 0) is 24.3 Å². The Bertz CT molecular complexity index is 781. The lowest BCUT2D eigenvalue weighted by atomic mass is 10.1. The van der Waals surface area contributed by atoms with E-state index >= 15 is 0 Å². The maximum Gasteiger partial charge on any atom is 0.349 e. The fourth-order valence-corrected chi connectivity index (χ4v) is 3.11. The second kappa shape index (κ2) is 6.82. The first kappa shape index (κ1) is 16.2. The number of rotatable bonds is 3. The standard InChI is InChI=1S/C16H17BrN2O4/c17-12-1-2-14-11(9-12)10-13(16(22)23-14)15(21)19-5-3-18(4-6-19)7-8-20/h1-2,9-10,20H,3-8H2. The average Bonchev–Trinajstić information content (AvgIpc) is 2.55. The van der Waals surface area contributed by atoms with E-state index < -0.39 is 5.63 Å². The summed E-state index contributed by atoms with van der Waals surface area (Å²) in [7, 11) is 0. The molecule has 3 rings (SSSR count). The quantitative estimate of drug-likeness (QED) is 0.812. The van der Waals surface area contributed by atoms with Gasteiger partial charge in [0.15, 0.2) is 0 Å². The molecule has 0 spiro atoms. The molecule has 7 heteroatoms. The van der Waals surface area contributed by atoms with Gasteiger partial charge in [-0.25, -0.2) is 4.79 Å². The van der Waals surface area contributed by atoms with Crippen LogP contribution in [0.2, 0.25) is 0 Å². The maximum atomic E-state index is 12.6. The molecule has 0 radical (unpaired) electrons. The zero-order chi connectivity index (χ0) is 16.4. The molecule has 1 amide bonds. The molecular formula is C16H17BrN2O4. The van der Waals surface area contributed by atoms with Gasteiger partial charge in [0.25, 0.3) is 5.91 Å². The van der Waals surface area contributed by atoms with E-state index in [1.165, 1.54) is 0 Å². The van der Waals surface area contributed by atoms with Gasteiger partial charge in [-0.3, -0.25) is 9.69 Å². The summed E-state index contributed by atoms with van der Waals surface area (Å²) in [6.45, 7) is 3.17. The maximum absolute atomic E-state index is 12.6. The molecule has 1 saturated heterocycles. The molecule has 0 aliphatic carbocycles. The van der Waals surface area contributed by atoms with Crippen molar-refractivity contribution in [2.45, 2.75) is 0 Å². The van der Waals surface area contributed by atoms with Crippen molar-refractivity contribution in [2.75, 3.05) is 39.3 Å². The minimum Gasteiger partial charge on any atom is -0.422 e. The van der Waals surface area contributed by atoms with Crippen LogP contribution < -0.4 is 5.63 Å². The van der Waals surface area contributed by atoms with E-state index in [1.54, 1.807) is 23.1 Å². The third-order valence-electron chi connectivity index (χ3n) is 4.00. The van der Waals surface area contributed by atoms with Gasteiger partial charge >= 0.3 is 5.63 Å². The van der Waals surface area contributed by atoms with Crippen molar-refractivity contribution >= 4 is 32.8 Å². The number of β-amino-alcohol motifs (C(OH)–C–C–N with tert-alkyl or cyclic N) is 1. The number of carbonyl (C=O) groups excluding carboxylic acids is 1. The van der Waals surface area contributed by atoms with Crippen LogP contribution in [0.1, 0.15) is 10.4 Å². The summed E-state index contributed by atoms with van der Waals surface area (Å²) in [5.74, 6) is -0.302. The molecule has 0 bridgehead atoms. The van der Waals surface area contributed by atoms with E-state index in [0.717, 1.165) is 4.47 Å². The smallest absolute Gasteiger partial charge is 0.349 e. The molecule has 1 fully saturated rings. The van der Waals surface area contributed by atoms with Gasteiger partial charge < -0.3 is 14.4 Å². The summed E-state index contributed by atoms with van der Waals surface area (Å²) in [5, 5.41) is 9.66. The number of piperazine rings is 1. The summed E-state index contributed by atoms with van der Waals surface area (Å²) in [5.41, 5.74) is -0.0867. The Morgan fingerprint density at radius 2 is 1.96 bits per heavy atom. The first-order valence-corrected chi connectivity index (χ1v) is 8.23. The Balaban J connectivity index is 1.84. The number of hydrogen-bond acceptors (Lipinski definition) is 5. The van der Waals surface area contributed by atoms with Crippen LogP contribution in [0.3, 0.4) is 0 Å². The number of fused-ring (bicyclic) bond motifs is 1. The van der Waals surface area contributed by atoms with Gasteiger partial charge in [-0.2, -0.15) is 0 Å². The van der Waals surface area contributed by atoms with Crippen LogP contribution in [0, 0.1) is 0 Å². The fourth-order valence-electron chi connectivity index (χ4n) is 2.73. The molecule has 1 aliphatic rings. The predicted molar refractivity (Wildman–Crippen MR) is 89.6 cm³/mol. The largest absolute Gasteiger partial charge is 0.422 e. The van der Waals surface area contributed by atoms with Crippen molar-refractivity contribution in [2.24, 2.45) is 0 Å². The summed E-state index contributed by atoms with van der Waals surface area (Å²) < 4.78 is 6.11. The molecule has 1 aromatic carbocycles. The lowest BCUT2D eigenvalue weighted by Gasteiger charge is -2.34. The van der Waals surface area contributed by atoms with Crippen molar-refractivity contribution in [3.05, 3.63) is 44.7 Å². The molecule has 1 N–H and O–H groups in total.